The lowest BCUT2D eigenvalue weighted by Crippen LogP contribution is -2.30. The van der Waals surface area contributed by atoms with Crippen LogP contribution in [-0.2, 0) is 0 Å². The number of aliphatic hydroxyl groups excluding tert-OH is 1. The molecular weight excluding hydrogens is 224 g/mol. The van der Waals surface area contributed by atoms with Crippen LogP contribution in [0, 0.1) is 5.82 Å². The van der Waals surface area contributed by atoms with E-state index in [0.717, 1.165) is 6.07 Å². The minimum absolute atomic E-state index is 0.0323. The highest BCUT2D eigenvalue weighted by molar-refractivity contribution is 6.58. The van der Waals surface area contributed by atoms with Crippen LogP contribution in [-0.4, -0.2) is 27.3 Å². The topological polar surface area (TPSA) is 73.6 Å². The van der Waals surface area contributed by atoms with E-state index in [1.165, 1.54) is 12.3 Å². The Kier molecular flexibility index (Phi) is 3.10. The number of fused-ring (bicyclic) bond motifs is 1. The Hall–Kier alpha value is -1.50. The molecule has 1 heterocycles. The zero-order valence-electron chi connectivity index (χ0n) is 9.13. The standard InChI is InChI=1S/C11H11BFNO3/c1-6(15)8-2-3-14-11-9(8)4-7(12(16)17)5-10(11)13/h2-6,15-17H,1H3. The molecule has 0 radical (unpaired) electrons. The first-order valence-corrected chi connectivity index (χ1v) is 5.13. The number of pyridine rings is 1. The zero-order chi connectivity index (χ0) is 12.6. The van der Waals surface area contributed by atoms with Crippen LogP contribution >= 0.6 is 0 Å². The molecule has 1 aromatic heterocycles. The quantitative estimate of drug-likeness (QED) is 0.645. The molecule has 88 valence electrons. The molecule has 0 saturated heterocycles. The van der Waals surface area contributed by atoms with Gasteiger partial charge in [0.1, 0.15) is 11.3 Å². The Bertz CT molecular complexity index is 560. The second-order valence-corrected chi connectivity index (χ2v) is 3.85. The SMILES string of the molecule is CC(O)c1ccnc2c(F)cc(B(O)O)cc12. The molecule has 0 aliphatic carbocycles. The van der Waals surface area contributed by atoms with Crippen molar-refractivity contribution >= 4 is 23.5 Å². The number of nitrogens with zero attached hydrogens (tertiary/aromatic N) is 1. The van der Waals surface area contributed by atoms with Crippen molar-refractivity contribution in [3.8, 4) is 0 Å². The minimum atomic E-state index is -1.75. The predicted molar refractivity (Wildman–Crippen MR) is 62.2 cm³/mol. The Labute approximate surface area is 97.5 Å². The van der Waals surface area contributed by atoms with Crippen molar-refractivity contribution in [1.82, 2.24) is 4.98 Å². The molecule has 1 atom stereocenters. The predicted octanol–water partition coefficient (Wildman–Crippen LogP) is 0.107. The highest BCUT2D eigenvalue weighted by Gasteiger charge is 2.17. The van der Waals surface area contributed by atoms with E-state index in [4.69, 9.17) is 10.0 Å². The molecule has 6 heteroatoms. The van der Waals surface area contributed by atoms with E-state index in [-0.39, 0.29) is 11.0 Å². The Balaban J connectivity index is 2.78. The third-order valence-electron chi connectivity index (χ3n) is 2.60. The van der Waals surface area contributed by atoms with Gasteiger partial charge < -0.3 is 15.2 Å². The van der Waals surface area contributed by atoms with Crippen molar-refractivity contribution in [3.63, 3.8) is 0 Å². The fourth-order valence-electron chi connectivity index (χ4n) is 1.77. The Morgan fingerprint density at radius 1 is 1.35 bits per heavy atom. The van der Waals surface area contributed by atoms with Crippen LogP contribution in [0.15, 0.2) is 24.4 Å². The molecule has 3 N–H and O–H groups in total. The molecule has 0 aliphatic heterocycles. The molecule has 0 bridgehead atoms. The molecule has 4 nitrogen and oxygen atoms in total. The van der Waals surface area contributed by atoms with E-state index in [1.807, 2.05) is 0 Å². The number of halogens is 1. The first-order chi connectivity index (χ1) is 8.00. The summed E-state index contributed by atoms with van der Waals surface area (Å²) in [4.78, 5) is 3.87. The average molecular weight is 235 g/mol. The van der Waals surface area contributed by atoms with E-state index >= 15 is 0 Å². The van der Waals surface area contributed by atoms with Crippen molar-refractivity contribution in [2.45, 2.75) is 13.0 Å². The lowest BCUT2D eigenvalue weighted by molar-refractivity contribution is 0.201. The number of aliphatic hydroxyl groups is 1. The van der Waals surface area contributed by atoms with Crippen LogP contribution in [0.1, 0.15) is 18.6 Å². The van der Waals surface area contributed by atoms with Gasteiger partial charge in [0.2, 0.25) is 0 Å². The summed E-state index contributed by atoms with van der Waals surface area (Å²) in [6.07, 6.45) is 0.619. The highest BCUT2D eigenvalue weighted by atomic mass is 19.1. The number of rotatable bonds is 2. The minimum Gasteiger partial charge on any atom is -0.423 e. The zero-order valence-corrected chi connectivity index (χ0v) is 9.13. The van der Waals surface area contributed by atoms with Crippen LogP contribution in [0.3, 0.4) is 0 Å². The summed E-state index contributed by atoms with van der Waals surface area (Å²) >= 11 is 0. The van der Waals surface area contributed by atoms with Crippen molar-refractivity contribution in [1.29, 1.82) is 0 Å². The fourth-order valence-corrected chi connectivity index (χ4v) is 1.77. The molecular formula is C11H11BFNO3. The summed E-state index contributed by atoms with van der Waals surface area (Å²) in [7, 11) is -1.75. The van der Waals surface area contributed by atoms with Gasteiger partial charge in [-0.25, -0.2) is 4.39 Å². The molecule has 1 aromatic carbocycles. The van der Waals surface area contributed by atoms with Gasteiger partial charge in [0.05, 0.1) is 6.10 Å². The van der Waals surface area contributed by atoms with Gasteiger partial charge in [0.25, 0.3) is 0 Å². The Morgan fingerprint density at radius 3 is 2.65 bits per heavy atom. The Morgan fingerprint density at radius 2 is 2.06 bits per heavy atom. The summed E-state index contributed by atoms with van der Waals surface area (Å²) in [6, 6.07) is 4.00. The van der Waals surface area contributed by atoms with Crippen LogP contribution in [0.25, 0.3) is 10.9 Å². The lowest BCUT2D eigenvalue weighted by atomic mass is 9.79. The van der Waals surface area contributed by atoms with Gasteiger partial charge in [-0.05, 0) is 30.1 Å². The van der Waals surface area contributed by atoms with Gasteiger partial charge in [0.15, 0.2) is 0 Å². The van der Waals surface area contributed by atoms with E-state index < -0.39 is 19.0 Å². The maximum atomic E-state index is 13.7. The van der Waals surface area contributed by atoms with Crippen molar-refractivity contribution in [2.24, 2.45) is 0 Å². The molecule has 1 unspecified atom stereocenters. The summed E-state index contributed by atoms with van der Waals surface area (Å²) in [5.41, 5.74) is 0.633. The number of benzene rings is 1. The van der Waals surface area contributed by atoms with Crippen LogP contribution in [0.4, 0.5) is 4.39 Å². The molecule has 0 aliphatic rings. The maximum absolute atomic E-state index is 13.7. The van der Waals surface area contributed by atoms with Crippen LogP contribution in [0.5, 0.6) is 0 Å². The molecule has 2 aromatic rings. The van der Waals surface area contributed by atoms with Crippen molar-refractivity contribution < 1.29 is 19.5 Å². The van der Waals surface area contributed by atoms with Gasteiger partial charge in [-0.1, -0.05) is 6.07 Å². The maximum Gasteiger partial charge on any atom is 0.488 e. The van der Waals surface area contributed by atoms with Gasteiger partial charge in [-0.15, -0.1) is 0 Å². The molecule has 0 fully saturated rings. The lowest BCUT2D eigenvalue weighted by Gasteiger charge is -2.10. The largest absolute Gasteiger partial charge is 0.488 e. The second kappa shape index (κ2) is 4.41. The number of aromatic nitrogens is 1. The first-order valence-electron chi connectivity index (χ1n) is 5.13. The number of hydrogen-bond acceptors (Lipinski definition) is 4. The summed E-state index contributed by atoms with van der Waals surface area (Å²) in [5.74, 6) is -0.645. The van der Waals surface area contributed by atoms with E-state index in [1.54, 1.807) is 13.0 Å². The fraction of sp³-hybridized carbons (Fsp3) is 0.182. The van der Waals surface area contributed by atoms with E-state index in [0.29, 0.717) is 10.9 Å². The van der Waals surface area contributed by atoms with Gasteiger partial charge in [-0.2, -0.15) is 0 Å². The summed E-state index contributed by atoms with van der Waals surface area (Å²) < 4.78 is 13.7. The third kappa shape index (κ3) is 2.15. The molecule has 0 amide bonds. The van der Waals surface area contributed by atoms with E-state index in [9.17, 15) is 9.50 Å². The van der Waals surface area contributed by atoms with E-state index in [2.05, 4.69) is 4.98 Å². The van der Waals surface area contributed by atoms with Gasteiger partial charge in [0, 0.05) is 11.6 Å². The molecule has 17 heavy (non-hydrogen) atoms. The second-order valence-electron chi connectivity index (χ2n) is 3.85. The highest BCUT2D eigenvalue weighted by Crippen LogP contribution is 2.23. The van der Waals surface area contributed by atoms with Crippen molar-refractivity contribution in [3.05, 3.63) is 35.8 Å². The summed E-state index contributed by atoms with van der Waals surface area (Å²) in [5, 5.41) is 28.0. The summed E-state index contributed by atoms with van der Waals surface area (Å²) in [6.45, 7) is 1.55. The smallest absolute Gasteiger partial charge is 0.423 e. The first kappa shape index (κ1) is 12.0. The monoisotopic (exact) mass is 235 g/mol. The average Bonchev–Trinajstić information content (AvgIpc) is 2.27. The van der Waals surface area contributed by atoms with Crippen LogP contribution < -0.4 is 5.46 Å². The molecule has 0 saturated carbocycles. The van der Waals surface area contributed by atoms with Gasteiger partial charge >= 0.3 is 7.12 Å². The molecule has 2 rings (SSSR count). The van der Waals surface area contributed by atoms with Crippen molar-refractivity contribution in [2.75, 3.05) is 0 Å². The van der Waals surface area contributed by atoms with Crippen LogP contribution in [0.2, 0.25) is 0 Å². The van der Waals surface area contributed by atoms with Gasteiger partial charge in [-0.3, -0.25) is 4.98 Å². The third-order valence-corrected chi connectivity index (χ3v) is 2.60. The number of hydrogen-bond donors (Lipinski definition) is 3. The molecule has 0 spiro atoms. The normalized spacial score (nSPS) is 12.8.